The lowest BCUT2D eigenvalue weighted by Crippen LogP contribution is -2.43. The summed E-state index contributed by atoms with van der Waals surface area (Å²) in [5.41, 5.74) is 5.26. The molecule has 4 N–H and O–H groups in total. The Labute approximate surface area is 72.1 Å². The molecule has 1 saturated carbocycles. The lowest BCUT2D eigenvalue weighted by molar-refractivity contribution is -0.139. The van der Waals surface area contributed by atoms with E-state index in [9.17, 15) is 4.79 Å². The van der Waals surface area contributed by atoms with E-state index in [1.54, 1.807) is 0 Å². The van der Waals surface area contributed by atoms with E-state index in [-0.39, 0.29) is 6.54 Å². The average molecular weight is 172 g/mol. The van der Waals surface area contributed by atoms with Crippen molar-refractivity contribution < 1.29 is 9.90 Å². The minimum Gasteiger partial charge on any atom is -0.480 e. The molecule has 0 aliphatic heterocycles. The van der Waals surface area contributed by atoms with Crippen LogP contribution in [0, 0.1) is 5.92 Å². The number of carbonyl (C=O) groups is 1. The Morgan fingerprint density at radius 3 is 2.75 bits per heavy atom. The van der Waals surface area contributed by atoms with Crippen molar-refractivity contribution in [3.8, 4) is 0 Å². The Kier molecular flexibility index (Phi) is 3.49. The molecule has 1 aliphatic carbocycles. The molecule has 4 heteroatoms. The van der Waals surface area contributed by atoms with Crippen molar-refractivity contribution in [3.05, 3.63) is 0 Å². The lowest BCUT2D eigenvalue weighted by atomic mass is 10.2. The van der Waals surface area contributed by atoms with Gasteiger partial charge in [0.25, 0.3) is 0 Å². The molecule has 70 valence electrons. The van der Waals surface area contributed by atoms with Crippen molar-refractivity contribution in [3.63, 3.8) is 0 Å². The van der Waals surface area contributed by atoms with E-state index < -0.39 is 12.0 Å². The highest BCUT2D eigenvalue weighted by Gasteiger charge is 2.21. The molecule has 0 heterocycles. The largest absolute Gasteiger partial charge is 0.480 e. The number of rotatable bonds is 6. The number of nitrogens with two attached hydrogens (primary N) is 1. The fourth-order valence-electron chi connectivity index (χ4n) is 1.14. The van der Waals surface area contributed by atoms with Crippen molar-refractivity contribution in [1.29, 1.82) is 0 Å². The molecule has 1 fully saturated rings. The first-order chi connectivity index (χ1) is 5.74. The lowest BCUT2D eigenvalue weighted by Gasteiger charge is -2.10. The highest BCUT2D eigenvalue weighted by Crippen LogP contribution is 2.31. The average Bonchev–Trinajstić information content (AvgIpc) is 2.80. The molecule has 0 radical (unpaired) electrons. The van der Waals surface area contributed by atoms with Gasteiger partial charge in [-0.2, -0.15) is 0 Å². The maximum Gasteiger partial charge on any atom is 0.322 e. The van der Waals surface area contributed by atoms with Crippen LogP contribution in [0.15, 0.2) is 0 Å². The van der Waals surface area contributed by atoms with Gasteiger partial charge in [0.05, 0.1) is 0 Å². The summed E-state index contributed by atoms with van der Waals surface area (Å²) in [6.07, 6.45) is 3.70. The molecule has 1 unspecified atom stereocenters. The van der Waals surface area contributed by atoms with Gasteiger partial charge in [-0.25, -0.2) is 0 Å². The van der Waals surface area contributed by atoms with Gasteiger partial charge < -0.3 is 16.2 Å². The Hall–Kier alpha value is -0.610. The van der Waals surface area contributed by atoms with Gasteiger partial charge in [-0.3, -0.25) is 4.79 Å². The number of hydrogen-bond acceptors (Lipinski definition) is 3. The van der Waals surface area contributed by atoms with Gasteiger partial charge in [-0.05, 0) is 18.9 Å². The number of nitrogens with one attached hydrogen (secondary N) is 1. The van der Waals surface area contributed by atoms with Gasteiger partial charge in [0.15, 0.2) is 0 Å². The number of aliphatic carboxylic acids is 1. The Balaban J connectivity index is 2.05. The summed E-state index contributed by atoms with van der Waals surface area (Å²) >= 11 is 0. The molecule has 0 bridgehead atoms. The predicted molar refractivity (Wildman–Crippen MR) is 45.8 cm³/mol. The fraction of sp³-hybridized carbons (Fsp3) is 0.875. The van der Waals surface area contributed by atoms with Crippen LogP contribution in [0.1, 0.15) is 19.3 Å². The summed E-state index contributed by atoms with van der Waals surface area (Å²) in [4.78, 5) is 10.5. The second-order valence-electron chi connectivity index (χ2n) is 3.31. The van der Waals surface area contributed by atoms with E-state index in [0.29, 0.717) is 0 Å². The summed E-state index contributed by atoms with van der Waals surface area (Å²) in [6.45, 7) is 0.943. The van der Waals surface area contributed by atoms with Crippen molar-refractivity contribution in [1.82, 2.24) is 5.32 Å². The van der Waals surface area contributed by atoms with Crippen LogP contribution in [0.25, 0.3) is 0 Å². The molecule has 4 nitrogen and oxygen atoms in total. The summed E-state index contributed by atoms with van der Waals surface area (Å²) in [7, 11) is 0. The summed E-state index contributed by atoms with van der Waals surface area (Å²) < 4.78 is 0. The van der Waals surface area contributed by atoms with Crippen molar-refractivity contribution in [2.24, 2.45) is 11.7 Å². The molecule has 0 amide bonds. The van der Waals surface area contributed by atoms with Crippen LogP contribution in [0.5, 0.6) is 0 Å². The molecular formula is C8H16N2O2. The number of hydrogen-bond donors (Lipinski definition) is 3. The zero-order chi connectivity index (χ0) is 8.97. The maximum atomic E-state index is 10.5. The van der Waals surface area contributed by atoms with Crippen LogP contribution >= 0.6 is 0 Å². The first kappa shape index (κ1) is 9.48. The smallest absolute Gasteiger partial charge is 0.322 e. The fourth-order valence-corrected chi connectivity index (χ4v) is 1.14. The summed E-state index contributed by atoms with van der Waals surface area (Å²) in [5.74, 6) is -0.0157. The van der Waals surface area contributed by atoms with Crippen LogP contribution in [-0.2, 0) is 4.79 Å². The number of carboxylic acid groups (broad SMARTS) is 1. The van der Waals surface area contributed by atoms with Gasteiger partial charge in [0, 0.05) is 6.54 Å². The SMILES string of the molecule is NCC(NCCC1CC1)C(=O)O. The maximum absolute atomic E-state index is 10.5. The van der Waals surface area contributed by atoms with Crippen LogP contribution in [0.4, 0.5) is 0 Å². The molecule has 1 rings (SSSR count). The molecule has 12 heavy (non-hydrogen) atoms. The molecule has 1 atom stereocenters. The zero-order valence-corrected chi connectivity index (χ0v) is 7.12. The van der Waals surface area contributed by atoms with Crippen molar-refractivity contribution in [2.45, 2.75) is 25.3 Å². The number of carboxylic acids is 1. The molecule has 0 aromatic carbocycles. The molecule has 0 aromatic rings. The van der Waals surface area contributed by atoms with Gasteiger partial charge >= 0.3 is 5.97 Å². The van der Waals surface area contributed by atoms with Crippen LogP contribution in [0.3, 0.4) is 0 Å². The Morgan fingerprint density at radius 2 is 2.33 bits per heavy atom. The van der Waals surface area contributed by atoms with E-state index in [2.05, 4.69) is 5.32 Å². The third-order valence-electron chi connectivity index (χ3n) is 2.17. The Bertz CT molecular complexity index is 157. The highest BCUT2D eigenvalue weighted by molar-refractivity contribution is 5.73. The topological polar surface area (TPSA) is 75.3 Å². The van der Waals surface area contributed by atoms with Crippen LogP contribution in [-0.4, -0.2) is 30.2 Å². The zero-order valence-electron chi connectivity index (χ0n) is 7.12. The van der Waals surface area contributed by atoms with Gasteiger partial charge in [-0.15, -0.1) is 0 Å². The monoisotopic (exact) mass is 172 g/mol. The molecule has 1 aliphatic rings. The molecule has 0 aromatic heterocycles. The molecule has 0 spiro atoms. The van der Waals surface area contributed by atoms with Crippen LogP contribution < -0.4 is 11.1 Å². The van der Waals surface area contributed by atoms with Gasteiger partial charge in [-0.1, -0.05) is 12.8 Å². The van der Waals surface area contributed by atoms with E-state index in [1.165, 1.54) is 12.8 Å². The van der Waals surface area contributed by atoms with E-state index in [0.717, 1.165) is 18.9 Å². The predicted octanol–water partition coefficient (Wildman–Crippen LogP) is -0.212. The molecular weight excluding hydrogens is 156 g/mol. The standard InChI is InChI=1S/C8H16N2O2/c9-5-7(8(11)12)10-4-3-6-1-2-6/h6-7,10H,1-5,9H2,(H,11,12). The van der Waals surface area contributed by atoms with Crippen molar-refractivity contribution in [2.75, 3.05) is 13.1 Å². The third kappa shape index (κ3) is 3.19. The molecule has 0 saturated heterocycles. The second-order valence-corrected chi connectivity index (χ2v) is 3.31. The van der Waals surface area contributed by atoms with Crippen LogP contribution in [0.2, 0.25) is 0 Å². The third-order valence-corrected chi connectivity index (χ3v) is 2.17. The van der Waals surface area contributed by atoms with E-state index in [1.807, 2.05) is 0 Å². The van der Waals surface area contributed by atoms with E-state index in [4.69, 9.17) is 10.8 Å². The summed E-state index contributed by atoms with van der Waals surface area (Å²) in [6, 6.07) is -0.566. The minimum absolute atomic E-state index is 0.167. The quantitative estimate of drug-likeness (QED) is 0.518. The highest BCUT2D eigenvalue weighted by atomic mass is 16.4. The van der Waals surface area contributed by atoms with Gasteiger partial charge in [0.2, 0.25) is 0 Å². The van der Waals surface area contributed by atoms with Crippen molar-refractivity contribution >= 4 is 5.97 Å². The first-order valence-corrected chi connectivity index (χ1v) is 4.40. The second kappa shape index (κ2) is 4.42. The van der Waals surface area contributed by atoms with Gasteiger partial charge in [0.1, 0.15) is 6.04 Å². The van der Waals surface area contributed by atoms with E-state index >= 15 is 0 Å². The normalized spacial score (nSPS) is 19.1. The first-order valence-electron chi connectivity index (χ1n) is 4.40. The summed E-state index contributed by atoms with van der Waals surface area (Å²) in [5, 5.41) is 11.5. The Morgan fingerprint density at radius 1 is 1.67 bits per heavy atom. The minimum atomic E-state index is -0.853.